The molecule has 15 heteroatoms. The smallest absolute Gasteiger partial charge is 0.475 e. The average molecular weight is 583 g/mol. The number of hydrogen-bond donors (Lipinski definition) is 4. The standard InChI is InChI=1S/C17H15BrClN5O2S.C2HF3O2/c1-20-27(25,26)15-4-2-3-13(8-15)23-16-9-17(22-10-21-16)24-14-6-11(18)5-12(19)7-14;3-2(4,5)1(6)7/h2-10,20H,1H3,(H2,21,22,23,24);(H,6,7). The maximum absolute atomic E-state index is 11.9. The van der Waals surface area contributed by atoms with Gasteiger partial charge in [0, 0.05) is 26.9 Å². The number of carboxylic acids is 1. The van der Waals surface area contributed by atoms with Crippen LogP contribution in [0.25, 0.3) is 0 Å². The number of aromatic nitrogens is 2. The number of nitrogens with zero attached hydrogens (tertiary/aromatic N) is 2. The van der Waals surface area contributed by atoms with Gasteiger partial charge in [-0.2, -0.15) is 13.2 Å². The number of rotatable bonds is 6. The van der Waals surface area contributed by atoms with E-state index in [9.17, 15) is 21.6 Å². The van der Waals surface area contributed by atoms with Crippen molar-refractivity contribution >= 4 is 66.5 Å². The number of benzene rings is 2. The Morgan fingerprint density at radius 1 is 1.03 bits per heavy atom. The molecule has 0 fully saturated rings. The Labute approximate surface area is 205 Å². The molecule has 3 rings (SSSR count). The number of sulfonamides is 1. The summed E-state index contributed by atoms with van der Waals surface area (Å²) in [5.41, 5.74) is 1.35. The Kier molecular flexibility index (Phi) is 9.21. The van der Waals surface area contributed by atoms with Gasteiger partial charge in [0.25, 0.3) is 0 Å². The number of alkyl halides is 3. The summed E-state index contributed by atoms with van der Waals surface area (Å²) < 4.78 is 58.7. The number of halogens is 5. The van der Waals surface area contributed by atoms with Crippen LogP contribution < -0.4 is 15.4 Å². The summed E-state index contributed by atoms with van der Waals surface area (Å²) in [6, 6.07) is 13.6. The van der Waals surface area contributed by atoms with Crippen LogP contribution in [-0.4, -0.2) is 42.7 Å². The molecule has 34 heavy (non-hydrogen) atoms. The van der Waals surface area contributed by atoms with E-state index in [-0.39, 0.29) is 4.90 Å². The molecule has 4 N–H and O–H groups in total. The lowest BCUT2D eigenvalue weighted by molar-refractivity contribution is -0.192. The topological polar surface area (TPSA) is 133 Å². The molecule has 182 valence electrons. The molecule has 0 atom stereocenters. The Bertz CT molecular complexity index is 1260. The number of hydrogen-bond acceptors (Lipinski definition) is 7. The van der Waals surface area contributed by atoms with Gasteiger partial charge in [0.2, 0.25) is 10.0 Å². The number of anilines is 4. The molecular weight excluding hydrogens is 567 g/mol. The number of carbonyl (C=O) groups is 1. The van der Waals surface area contributed by atoms with Crippen molar-refractivity contribution < 1.29 is 31.5 Å². The van der Waals surface area contributed by atoms with Gasteiger partial charge in [0.15, 0.2) is 0 Å². The SMILES string of the molecule is CNS(=O)(=O)c1cccc(Nc2cc(Nc3cc(Cl)cc(Br)c3)ncn2)c1.O=C(O)C(F)(F)F. The second-order valence-corrected chi connectivity index (χ2v) is 9.47. The van der Waals surface area contributed by atoms with Crippen LogP contribution in [0.1, 0.15) is 0 Å². The fourth-order valence-corrected chi connectivity index (χ4v) is 3.91. The van der Waals surface area contributed by atoms with Gasteiger partial charge in [-0.1, -0.05) is 33.6 Å². The van der Waals surface area contributed by atoms with E-state index in [0.29, 0.717) is 22.3 Å². The molecule has 0 saturated heterocycles. The molecule has 0 spiro atoms. The number of carboxylic acid groups (broad SMARTS) is 1. The molecule has 1 aromatic heterocycles. The summed E-state index contributed by atoms with van der Waals surface area (Å²) in [5.74, 6) is -1.69. The van der Waals surface area contributed by atoms with Crippen molar-refractivity contribution in [2.24, 2.45) is 0 Å². The van der Waals surface area contributed by atoms with Crippen LogP contribution in [0.3, 0.4) is 0 Å². The molecule has 0 radical (unpaired) electrons. The highest BCUT2D eigenvalue weighted by Crippen LogP contribution is 2.26. The molecule has 0 unspecified atom stereocenters. The van der Waals surface area contributed by atoms with Gasteiger partial charge in [-0.25, -0.2) is 27.9 Å². The second-order valence-electron chi connectivity index (χ2n) is 6.23. The van der Waals surface area contributed by atoms with Crippen LogP contribution in [0.5, 0.6) is 0 Å². The van der Waals surface area contributed by atoms with Crippen molar-refractivity contribution in [1.29, 1.82) is 0 Å². The van der Waals surface area contributed by atoms with Gasteiger partial charge < -0.3 is 15.7 Å². The van der Waals surface area contributed by atoms with E-state index in [1.807, 2.05) is 6.07 Å². The monoisotopic (exact) mass is 581 g/mol. The lowest BCUT2D eigenvalue weighted by Gasteiger charge is -2.10. The largest absolute Gasteiger partial charge is 0.490 e. The van der Waals surface area contributed by atoms with Gasteiger partial charge in [0.1, 0.15) is 18.0 Å². The molecule has 1 heterocycles. The molecule has 9 nitrogen and oxygen atoms in total. The first-order chi connectivity index (χ1) is 15.8. The number of aliphatic carboxylic acids is 1. The molecule has 0 amide bonds. The zero-order valence-corrected chi connectivity index (χ0v) is 20.2. The van der Waals surface area contributed by atoms with E-state index < -0.39 is 22.2 Å². The van der Waals surface area contributed by atoms with Crippen molar-refractivity contribution in [2.75, 3.05) is 17.7 Å². The van der Waals surface area contributed by atoms with Crippen LogP contribution >= 0.6 is 27.5 Å². The fraction of sp³-hybridized carbons (Fsp3) is 0.105. The minimum atomic E-state index is -5.08. The van der Waals surface area contributed by atoms with Crippen molar-refractivity contribution in [3.63, 3.8) is 0 Å². The molecule has 2 aromatic carbocycles. The molecule has 0 saturated carbocycles. The van der Waals surface area contributed by atoms with Gasteiger partial charge in [-0.15, -0.1) is 0 Å². The lowest BCUT2D eigenvalue weighted by atomic mass is 10.3. The highest BCUT2D eigenvalue weighted by atomic mass is 79.9. The fourth-order valence-electron chi connectivity index (χ4n) is 2.27. The van der Waals surface area contributed by atoms with E-state index in [0.717, 1.165) is 10.2 Å². The minimum Gasteiger partial charge on any atom is -0.475 e. The zero-order chi connectivity index (χ0) is 25.5. The van der Waals surface area contributed by atoms with Crippen molar-refractivity contribution in [1.82, 2.24) is 14.7 Å². The minimum absolute atomic E-state index is 0.159. The first-order valence-corrected chi connectivity index (χ1v) is 11.6. The summed E-state index contributed by atoms with van der Waals surface area (Å²) in [7, 11) is -2.15. The van der Waals surface area contributed by atoms with Crippen molar-refractivity contribution in [3.05, 3.63) is 64.4 Å². The van der Waals surface area contributed by atoms with Crippen LogP contribution in [0.15, 0.2) is 64.2 Å². The van der Waals surface area contributed by atoms with Crippen molar-refractivity contribution in [2.45, 2.75) is 11.1 Å². The first kappa shape index (κ1) is 27.3. The molecule has 0 aliphatic heterocycles. The first-order valence-electron chi connectivity index (χ1n) is 8.96. The van der Waals surface area contributed by atoms with E-state index in [1.54, 1.807) is 30.3 Å². The van der Waals surface area contributed by atoms with Crippen molar-refractivity contribution in [3.8, 4) is 0 Å². The molecule has 0 aliphatic rings. The summed E-state index contributed by atoms with van der Waals surface area (Å²) in [5, 5.41) is 13.9. The van der Waals surface area contributed by atoms with E-state index in [1.165, 1.54) is 25.5 Å². The Balaban J connectivity index is 0.000000509. The number of nitrogens with one attached hydrogen (secondary N) is 3. The molecular formula is C19H16BrClF3N5O4S. The third-order valence-corrected chi connectivity index (χ3v) is 5.82. The maximum Gasteiger partial charge on any atom is 0.490 e. The van der Waals surface area contributed by atoms with Crippen LogP contribution in [0.4, 0.5) is 36.2 Å². The Morgan fingerprint density at radius 2 is 1.62 bits per heavy atom. The summed E-state index contributed by atoms with van der Waals surface area (Å²) in [6.07, 6.45) is -3.68. The van der Waals surface area contributed by atoms with Gasteiger partial charge in [-0.05, 0) is 43.4 Å². The van der Waals surface area contributed by atoms with Crippen LogP contribution in [0.2, 0.25) is 5.02 Å². The zero-order valence-electron chi connectivity index (χ0n) is 17.1. The molecule has 0 aliphatic carbocycles. The van der Waals surface area contributed by atoms with Gasteiger partial charge in [0.05, 0.1) is 4.90 Å². The summed E-state index contributed by atoms with van der Waals surface area (Å²) in [6.45, 7) is 0. The summed E-state index contributed by atoms with van der Waals surface area (Å²) >= 11 is 9.44. The highest BCUT2D eigenvalue weighted by Gasteiger charge is 2.38. The predicted octanol–water partition coefficient (Wildman–Crippen LogP) is 4.92. The van der Waals surface area contributed by atoms with Gasteiger partial charge in [-0.3, -0.25) is 0 Å². The summed E-state index contributed by atoms with van der Waals surface area (Å²) in [4.78, 5) is 17.4. The third kappa shape index (κ3) is 8.44. The molecule has 0 bridgehead atoms. The molecule has 3 aromatic rings. The normalized spacial score (nSPS) is 11.2. The highest BCUT2D eigenvalue weighted by molar-refractivity contribution is 9.10. The average Bonchev–Trinajstić information content (AvgIpc) is 2.73. The maximum atomic E-state index is 11.9. The van der Waals surface area contributed by atoms with E-state index in [4.69, 9.17) is 21.5 Å². The third-order valence-electron chi connectivity index (χ3n) is 3.73. The quantitative estimate of drug-likeness (QED) is 0.322. The second kappa shape index (κ2) is 11.5. The predicted molar refractivity (Wildman–Crippen MR) is 124 cm³/mol. The van der Waals surface area contributed by atoms with E-state index >= 15 is 0 Å². The Morgan fingerprint density at radius 3 is 2.15 bits per heavy atom. The van der Waals surface area contributed by atoms with Gasteiger partial charge >= 0.3 is 12.1 Å². The Hall–Kier alpha value is -2.94. The van der Waals surface area contributed by atoms with E-state index in [2.05, 4.69) is 41.3 Å². The van der Waals surface area contributed by atoms with Crippen LogP contribution in [0, 0.1) is 0 Å². The lowest BCUT2D eigenvalue weighted by Crippen LogP contribution is -2.21. The van der Waals surface area contributed by atoms with Crippen LogP contribution in [-0.2, 0) is 14.8 Å².